The number of aromatic nitrogens is 2. The van der Waals surface area contributed by atoms with Gasteiger partial charge in [0.1, 0.15) is 27.2 Å². The van der Waals surface area contributed by atoms with Crippen molar-refractivity contribution < 1.29 is 22.3 Å². The minimum atomic E-state index is -3.90. The number of benzene rings is 2. The van der Waals surface area contributed by atoms with E-state index in [1.54, 1.807) is 54.9 Å². The van der Waals surface area contributed by atoms with Crippen molar-refractivity contribution in [1.29, 1.82) is 0 Å². The Labute approximate surface area is 195 Å². The fourth-order valence-electron chi connectivity index (χ4n) is 3.37. The summed E-state index contributed by atoms with van der Waals surface area (Å²) in [7, 11) is 0.878. The molecule has 4 rings (SSSR count). The van der Waals surface area contributed by atoms with E-state index in [1.165, 1.54) is 37.7 Å². The molecule has 0 unspecified atom stereocenters. The Kier molecular flexibility index (Phi) is 6.13. The Morgan fingerprint density at radius 1 is 1.03 bits per heavy atom. The number of methoxy groups -OCH3 is 2. The van der Waals surface area contributed by atoms with E-state index in [1.807, 2.05) is 5.38 Å². The van der Waals surface area contributed by atoms with Crippen LogP contribution >= 0.6 is 11.3 Å². The highest BCUT2D eigenvalue weighted by Crippen LogP contribution is 2.34. The number of hydrogen-bond donors (Lipinski definition) is 1. The third kappa shape index (κ3) is 4.57. The van der Waals surface area contributed by atoms with E-state index in [9.17, 15) is 12.8 Å². The lowest BCUT2D eigenvalue weighted by Gasteiger charge is -2.11. The molecule has 2 aromatic carbocycles. The van der Waals surface area contributed by atoms with Gasteiger partial charge in [-0.15, -0.1) is 11.3 Å². The zero-order valence-corrected chi connectivity index (χ0v) is 20.1. The van der Waals surface area contributed by atoms with Crippen LogP contribution in [-0.4, -0.2) is 32.2 Å². The van der Waals surface area contributed by atoms with Gasteiger partial charge < -0.3 is 14.0 Å². The van der Waals surface area contributed by atoms with Gasteiger partial charge in [0.2, 0.25) is 0 Å². The third-order valence-corrected chi connectivity index (χ3v) is 7.61. The maximum absolute atomic E-state index is 13.2. The van der Waals surface area contributed by atoms with Crippen LogP contribution in [0.5, 0.6) is 11.5 Å². The maximum Gasteiger partial charge on any atom is 0.263 e. The molecule has 0 aliphatic heterocycles. The van der Waals surface area contributed by atoms with Crippen molar-refractivity contribution in [2.45, 2.75) is 11.8 Å². The fraction of sp³-hybridized carbons (Fsp3) is 0.174. The SMILES string of the molecule is COc1cc(NS(=O)(=O)c2cc(-c3nc(-c4ccc(F)cc4)cs3)n(C)c2C)cc(OC)c1. The quantitative estimate of drug-likeness (QED) is 0.393. The molecule has 7 nitrogen and oxygen atoms in total. The lowest BCUT2D eigenvalue weighted by molar-refractivity contribution is 0.395. The molecular weight excluding hydrogens is 465 g/mol. The van der Waals surface area contributed by atoms with Crippen LogP contribution in [0.25, 0.3) is 22.0 Å². The molecule has 0 radical (unpaired) electrons. The second-order valence-electron chi connectivity index (χ2n) is 7.29. The van der Waals surface area contributed by atoms with Crippen LogP contribution in [0.15, 0.2) is 58.8 Å². The molecule has 0 spiro atoms. The number of halogens is 1. The molecule has 33 heavy (non-hydrogen) atoms. The van der Waals surface area contributed by atoms with E-state index >= 15 is 0 Å². The highest BCUT2D eigenvalue weighted by molar-refractivity contribution is 7.92. The molecule has 0 saturated heterocycles. The molecular formula is C23H22FN3O4S2. The van der Waals surface area contributed by atoms with Crippen molar-refractivity contribution in [3.05, 3.63) is 65.4 Å². The lowest BCUT2D eigenvalue weighted by Crippen LogP contribution is -2.14. The van der Waals surface area contributed by atoms with Crippen LogP contribution in [0, 0.1) is 12.7 Å². The lowest BCUT2D eigenvalue weighted by atomic mass is 10.2. The van der Waals surface area contributed by atoms with Gasteiger partial charge in [-0.2, -0.15) is 0 Å². The summed E-state index contributed by atoms with van der Waals surface area (Å²) in [6.07, 6.45) is 0. The van der Waals surface area contributed by atoms with E-state index < -0.39 is 10.0 Å². The Bertz CT molecular complexity index is 1390. The summed E-state index contributed by atoms with van der Waals surface area (Å²) in [5.41, 5.74) is 3.02. The molecule has 0 saturated carbocycles. The van der Waals surface area contributed by atoms with Crippen molar-refractivity contribution >= 4 is 27.0 Å². The smallest absolute Gasteiger partial charge is 0.263 e. The largest absolute Gasteiger partial charge is 0.497 e. The summed E-state index contributed by atoms with van der Waals surface area (Å²) in [6.45, 7) is 1.73. The van der Waals surface area contributed by atoms with Crippen molar-refractivity contribution in [2.75, 3.05) is 18.9 Å². The van der Waals surface area contributed by atoms with Gasteiger partial charge >= 0.3 is 0 Å². The average Bonchev–Trinajstić information content (AvgIpc) is 3.39. The van der Waals surface area contributed by atoms with Crippen molar-refractivity contribution in [3.8, 4) is 33.5 Å². The average molecular weight is 488 g/mol. The Hall–Kier alpha value is -3.37. The summed E-state index contributed by atoms with van der Waals surface area (Å²) >= 11 is 1.39. The molecule has 0 amide bonds. The van der Waals surface area contributed by atoms with Gasteiger partial charge in [0, 0.05) is 41.9 Å². The van der Waals surface area contributed by atoms with Gasteiger partial charge in [0.15, 0.2) is 0 Å². The molecule has 0 fully saturated rings. The van der Waals surface area contributed by atoms with E-state index in [0.717, 1.165) is 5.56 Å². The van der Waals surface area contributed by atoms with E-state index in [0.29, 0.717) is 39.3 Å². The van der Waals surface area contributed by atoms with Gasteiger partial charge in [-0.05, 0) is 37.3 Å². The molecule has 2 aromatic heterocycles. The van der Waals surface area contributed by atoms with E-state index in [2.05, 4.69) is 9.71 Å². The summed E-state index contributed by atoms with van der Waals surface area (Å²) in [5, 5.41) is 2.52. The molecule has 0 aliphatic rings. The number of anilines is 1. The first-order valence-corrected chi connectivity index (χ1v) is 12.2. The molecule has 1 N–H and O–H groups in total. The molecule has 0 aliphatic carbocycles. The molecule has 172 valence electrons. The van der Waals surface area contributed by atoms with Gasteiger partial charge in [0.05, 0.1) is 31.3 Å². The predicted molar refractivity (Wildman–Crippen MR) is 127 cm³/mol. The zero-order valence-electron chi connectivity index (χ0n) is 18.4. The Morgan fingerprint density at radius 3 is 2.27 bits per heavy atom. The summed E-state index contributed by atoms with van der Waals surface area (Å²) in [6, 6.07) is 12.5. The second kappa shape index (κ2) is 8.87. The first kappa shape index (κ1) is 22.8. The molecule has 10 heteroatoms. The van der Waals surface area contributed by atoms with Crippen molar-refractivity contribution in [3.63, 3.8) is 0 Å². The zero-order chi connectivity index (χ0) is 23.8. The molecule has 4 aromatic rings. The summed E-state index contributed by atoms with van der Waals surface area (Å²) in [5.74, 6) is 0.616. The first-order chi connectivity index (χ1) is 15.7. The third-order valence-electron chi connectivity index (χ3n) is 5.25. The first-order valence-electron chi connectivity index (χ1n) is 9.86. The molecule has 0 atom stereocenters. The van der Waals surface area contributed by atoms with Crippen LogP contribution in [0.2, 0.25) is 0 Å². The minimum Gasteiger partial charge on any atom is -0.497 e. The number of nitrogens with one attached hydrogen (secondary N) is 1. The topological polar surface area (TPSA) is 82.5 Å². The summed E-state index contributed by atoms with van der Waals surface area (Å²) < 4.78 is 54.5. The van der Waals surface area contributed by atoms with Gasteiger partial charge in [-0.1, -0.05) is 0 Å². The van der Waals surface area contributed by atoms with E-state index in [4.69, 9.17) is 9.47 Å². The van der Waals surface area contributed by atoms with Gasteiger partial charge in [-0.25, -0.2) is 17.8 Å². The van der Waals surface area contributed by atoms with Crippen LogP contribution < -0.4 is 14.2 Å². The predicted octanol–water partition coefficient (Wildman–Crippen LogP) is 5.08. The van der Waals surface area contributed by atoms with Crippen LogP contribution in [0.4, 0.5) is 10.1 Å². The van der Waals surface area contributed by atoms with Crippen LogP contribution in [0.3, 0.4) is 0 Å². The summed E-state index contributed by atoms with van der Waals surface area (Å²) in [4.78, 5) is 4.77. The number of ether oxygens (including phenoxy) is 2. The van der Waals surface area contributed by atoms with Crippen LogP contribution in [0.1, 0.15) is 5.69 Å². The minimum absolute atomic E-state index is 0.139. The highest BCUT2D eigenvalue weighted by atomic mass is 32.2. The second-order valence-corrected chi connectivity index (χ2v) is 9.80. The standard InChI is InChI=1S/C23H22FN3O4S2/c1-14-22(33(28,29)26-17-9-18(30-3)11-19(10-17)31-4)12-21(27(14)2)23-25-20(13-32-23)15-5-7-16(24)8-6-15/h5-13,26H,1-4H3. The van der Waals surface area contributed by atoms with E-state index in [-0.39, 0.29) is 10.7 Å². The number of rotatable bonds is 7. The number of nitrogens with zero attached hydrogens (tertiary/aromatic N) is 2. The Balaban J connectivity index is 1.68. The number of hydrogen-bond acceptors (Lipinski definition) is 6. The Morgan fingerprint density at radius 2 is 1.67 bits per heavy atom. The van der Waals surface area contributed by atoms with Gasteiger partial charge in [-0.3, -0.25) is 4.72 Å². The van der Waals surface area contributed by atoms with Crippen LogP contribution in [-0.2, 0) is 17.1 Å². The highest BCUT2D eigenvalue weighted by Gasteiger charge is 2.24. The number of thiazole rings is 1. The van der Waals surface area contributed by atoms with Crippen molar-refractivity contribution in [1.82, 2.24) is 9.55 Å². The monoisotopic (exact) mass is 487 g/mol. The van der Waals surface area contributed by atoms with Gasteiger partial charge in [0.25, 0.3) is 10.0 Å². The number of sulfonamides is 1. The maximum atomic E-state index is 13.2. The molecule has 2 heterocycles. The fourth-order valence-corrected chi connectivity index (χ4v) is 5.58. The normalized spacial score (nSPS) is 11.4. The van der Waals surface area contributed by atoms with Crippen molar-refractivity contribution in [2.24, 2.45) is 7.05 Å². The molecule has 0 bridgehead atoms.